The molecule has 14 nitrogen and oxygen atoms in total. The van der Waals surface area contributed by atoms with Crippen LogP contribution < -0.4 is 22.9 Å². The number of alkyl halides is 12. The summed E-state index contributed by atoms with van der Waals surface area (Å²) in [4.78, 5) is 38.5. The first-order valence-corrected chi connectivity index (χ1v) is 19.7. The summed E-state index contributed by atoms with van der Waals surface area (Å²) in [5, 5.41) is 27.0. The first kappa shape index (κ1) is 55.4. The fourth-order valence-electron chi connectivity index (χ4n) is 6.85. The maximum absolute atomic E-state index is 11.3. The Morgan fingerprint density at radius 1 is 0.544 bits per heavy atom. The third kappa shape index (κ3) is 14.4. The monoisotopic (exact) mass is 990 g/mol. The highest BCUT2D eigenvalue weighted by Crippen LogP contribution is 2.31. The van der Waals surface area contributed by atoms with Gasteiger partial charge in [-0.1, -0.05) is 72.8 Å². The maximum Gasteiger partial charge on any atom is 0.458 e. The summed E-state index contributed by atoms with van der Waals surface area (Å²) in [6.45, 7) is 0.560. The van der Waals surface area contributed by atoms with Gasteiger partial charge in [0.25, 0.3) is 0 Å². The van der Waals surface area contributed by atoms with Crippen LogP contribution in [0, 0.1) is 0 Å². The van der Waals surface area contributed by atoms with E-state index in [4.69, 9.17) is 41.9 Å². The standard InChI is InChI=1S/C34H42N4O6.2C4F6O2/c35-16-27-33(42-18-20-10-12-22-6-2-4-8-24(22)14-20)29(39)28(38)34(43-27)44-32-26(37)15-25(36)31(30(32)40)41-17-19-9-11-21-5-1-3-7-23(21)13-19;2*5-3(6,7)1(11)2(12)4(8,9)10/h1-14,25-34,39-40H,15-18,35-38H2;;/t25-,26?,27?,28?,29-,30-,31?,32-,33-,34-;;/m1../s1. The van der Waals surface area contributed by atoms with Gasteiger partial charge in [0.1, 0.15) is 36.6 Å². The van der Waals surface area contributed by atoms with Crippen molar-refractivity contribution in [2.24, 2.45) is 22.9 Å². The molecule has 4 aromatic rings. The number of hydrogen-bond acceptors (Lipinski definition) is 14. The zero-order chi connectivity index (χ0) is 51.1. The number of ether oxygens (including phenoxy) is 4. The lowest BCUT2D eigenvalue weighted by molar-refractivity contribution is -0.296. The molecular weight excluding hydrogens is 948 g/mol. The second-order valence-electron chi connectivity index (χ2n) is 15.2. The van der Waals surface area contributed by atoms with Gasteiger partial charge in [0.15, 0.2) is 6.29 Å². The van der Waals surface area contributed by atoms with Crippen molar-refractivity contribution in [1.29, 1.82) is 0 Å². The van der Waals surface area contributed by atoms with Crippen molar-refractivity contribution in [3.8, 4) is 0 Å². The predicted molar refractivity (Wildman–Crippen MR) is 212 cm³/mol. The number of Topliss-reactive ketones (excluding diaryl/α,β-unsaturated/α-hetero) is 4. The molecule has 26 heteroatoms. The Kier molecular flexibility index (Phi) is 18.4. The Bertz CT molecular complexity index is 2290. The summed E-state index contributed by atoms with van der Waals surface area (Å²) in [5.41, 5.74) is 27.2. The van der Waals surface area contributed by atoms with Crippen LogP contribution in [0.4, 0.5) is 52.7 Å². The lowest BCUT2D eigenvalue weighted by Crippen LogP contribution is -2.68. The number of aliphatic hydroxyl groups excluding tert-OH is 2. The first-order chi connectivity index (χ1) is 31.4. The number of nitrogens with two attached hydrogens (primary N) is 4. The Hall–Kier alpha value is -5.16. The zero-order valence-corrected chi connectivity index (χ0v) is 34.7. The molecule has 68 heavy (non-hydrogen) atoms. The molecule has 1 aliphatic carbocycles. The molecule has 1 heterocycles. The van der Waals surface area contributed by atoms with Gasteiger partial charge in [-0.05, 0) is 51.2 Å². The average Bonchev–Trinajstić information content (AvgIpc) is 3.26. The van der Waals surface area contributed by atoms with E-state index in [1.54, 1.807) is 0 Å². The normalized spacial score (nSPS) is 25.7. The van der Waals surface area contributed by atoms with E-state index in [1.807, 2.05) is 78.9 Å². The van der Waals surface area contributed by atoms with E-state index in [-0.39, 0.29) is 19.8 Å². The van der Waals surface area contributed by atoms with Crippen LogP contribution in [0.15, 0.2) is 84.9 Å². The average molecular weight is 991 g/mol. The van der Waals surface area contributed by atoms with E-state index in [9.17, 15) is 82.1 Å². The topological polar surface area (TPSA) is 250 Å². The van der Waals surface area contributed by atoms with Crippen LogP contribution in [0.1, 0.15) is 17.5 Å². The van der Waals surface area contributed by atoms with Gasteiger partial charge in [-0.3, -0.25) is 19.2 Å². The SMILES string of the molecule is NCC1O[C@H](O[C@@H]2C(N)C[C@@H](N)C(OCc3ccc4ccccc4c3)[C@H]2O)C(N)[C@@H](O)[C@@H]1OCc1ccc2ccccc2c1.O=C(C(=O)C(F)(F)F)C(F)(F)F.O=C(C(=O)C(F)(F)F)C(F)(F)F. The second kappa shape index (κ2) is 22.5. The van der Waals surface area contributed by atoms with E-state index in [0.29, 0.717) is 6.42 Å². The number of fused-ring (bicyclic) bond motifs is 2. The summed E-state index contributed by atoms with van der Waals surface area (Å²) in [5.74, 6) is -13.6. The highest BCUT2D eigenvalue weighted by molar-refractivity contribution is 6.41. The number of carbonyl (C=O) groups is 4. The third-order valence-electron chi connectivity index (χ3n) is 10.3. The number of benzene rings is 4. The van der Waals surface area contributed by atoms with Gasteiger partial charge in [-0.2, -0.15) is 52.7 Å². The van der Waals surface area contributed by atoms with Crippen molar-refractivity contribution >= 4 is 44.7 Å². The zero-order valence-electron chi connectivity index (χ0n) is 34.7. The van der Waals surface area contributed by atoms with Gasteiger partial charge < -0.3 is 52.1 Å². The van der Waals surface area contributed by atoms with Crippen LogP contribution in [0.2, 0.25) is 0 Å². The first-order valence-electron chi connectivity index (χ1n) is 19.7. The minimum absolute atomic E-state index is 0.0632. The summed E-state index contributed by atoms with van der Waals surface area (Å²) in [7, 11) is 0. The van der Waals surface area contributed by atoms with Crippen LogP contribution in [-0.4, -0.2) is 126 Å². The van der Waals surface area contributed by atoms with E-state index in [0.717, 1.165) is 32.7 Å². The molecule has 0 bridgehead atoms. The Labute approximate surface area is 376 Å². The molecule has 0 spiro atoms. The molecule has 6 rings (SSSR count). The molecule has 2 aliphatic rings. The minimum Gasteiger partial charge on any atom is -0.388 e. The lowest BCUT2D eigenvalue weighted by atomic mass is 9.84. The molecule has 1 aliphatic heterocycles. The van der Waals surface area contributed by atoms with Crippen LogP contribution in [0.25, 0.3) is 21.5 Å². The second-order valence-corrected chi connectivity index (χ2v) is 15.2. The Balaban J connectivity index is 0.000000346. The summed E-state index contributed by atoms with van der Waals surface area (Å²) < 4.78 is 158. The van der Waals surface area contributed by atoms with Crippen molar-refractivity contribution in [1.82, 2.24) is 0 Å². The van der Waals surface area contributed by atoms with E-state index < -0.39 is 109 Å². The molecule has 374 valence electrons. The lowest BCUT2D eigenvalue weighted by Gasteiger charge is -2.47. The predicted octanol–water partition coefficient (Wildman–Crippen LogP) is 4.14. The molecule has 4 unspecified atom stereocenters. The van der Waals surface area contributed by atoms with Crippen LogP contribution in [-0.2, 0) is 51.3 Å². The molecular formula is C42H42F12N4O10. The fourth-order valence-corrected chi connectivity index (χ4v) is 6.85. The van der Waals surface area contributed by atoms with E-state index in [2.05, 4.69) is 6.07 Å². The number of rotatable bonds is 11. The number of hydrogen-bond donors (Lipinski definition) is 6. The Morgan fingerprint density at radius 3 is 1.29 bits per heavy atom. The smallest absolute Gasteiger partial charge is 0.388 e. The van der Waals surface area contributed by atoms with E-state index >= 15 is 0 Å². The number of ketones is 4. The van der Waals surface area contributed by atoms with Crippen LogP contribution in [0.3, 0.4) is 0 Å². The van der Waals surface area contributed by atoms with Crippen LogP contribution >= 0.6 is 0 Å². The largest absolute Gasteiger partial charge is 0.458 e. The number of carbonyl (C=O) groups excluding carboxylic acids is 4. The number of aliphatic hydroxyl groups is 2. The highest BCUT2D eigenvalue weighted by atomic mass is 19.4. The van der Waals surface area contributed by atoms with Gasteiger partial charge in [0.2, 0.25) is 0 Å². The van der Waals surface area contributed by atoms with Gasteiger partial charge in [-0.25, -0.2) is 0 Å². The quantitative estimate of drug-likeness (QED) is 0.0914. The van der Waals surface area contributed by atoms with Crippen molar-refractivity contribution in [3.63, 3.8) is 0 Å². The molecule has 10 N–H and O–H groups in total. The molecule has 2 fully saturated rings. The summed E-state index contributed by atoms with van der Waals surface area (Å²) in [6, 6.07) is 26.2. The molecule has 0 amide bonds. The maximum atomic E-state index is 11.3. The van der Waals surface area contributed by atoms with Crippen molar-refractivity contribution in [3.05, 3.63) is 96.1 Å². The van der Waals surface area contributed by atoms with Gasteiger partial charge >= 0.3 is 47.8 Å². The highest BCUT2D eigenvalue weighted by Gasteiger charge is 2.55. The molecule has 0 aromatic heterocycles. The fraction of sp³-hybridized carbons (Fsp3) is 0.429. The number of halogens is 12. The minimum atomic E-state index is -5.77. The molecule has 0 radical (unpaired) electrons. The van der Waals surface area contributed by atoms with Crippen LogP contribution in [0.5, 0.6) is 0 Å². The molecule has 10 atom stereocenters. The summed E-state index contributed by atoms with van der Waals surface area (Å²) in [6.07, 6.45) is -29.2. The van der Waals surface area contributed by atoms with E-state index in [1.165, 1.54) is 0 Å². The third-order valence-corrected chi connectivity index (χ3v) is 10.3. The molecule has 1 saturated heterocycles. The molecule has 1 saturated carbocycles. The van der Waals surface area contributed by atoms with Crippen molar-refractivity contribution in [2.45, 2.75) is 105 Å². The van der Waals surface area contributed by atoms with Crippen molar-refractivity contribution < 1.29 is 101 Å². The Morgan fingerprint density at radius 2 is 0.912 bits per heavy atom. The van der Waals surface area contributed by atoms with Gasteiger partial charge in [0.05, 0.1) is 19.3 Å². The van der Waals surface area contributed by atoms with Crippen molar-refractivity contribution in [2.75, 3.05) is 6.54 Å². The van der Waals surface area contributed by atoms with Gasteiger partial charge in [-0.15, -0.1) is 0 Å². The van der Waals surface area contributed by atoms with Gasteiger partial charge in [0, 0.05) is 18.6 Å². The molecule has 4 aromatic carbocycles. The summed E-state index contributed by atoms with van der Waals surface area (Å²) >= 11 is 0.